The molecule has 0 N–H and O–H groups in total. The quantitative estimate of drug-likeness (QED) is 0.848. The highest BCUT2D eigenvalue weighted by molar-refractivity contribution is 5.60. The SMILES string of the molecule is Cn1nncc1-c1cc(CN2CCCC2)ccc1F. The number of hydrogen-bond acceptors (Lipinski definition) is 3. The summed E-state index contributed by atoms with van der Waals surface area (Å²) in [6, 6.07) is 5.31. The lowest BCUT2D eigenvalue weighted by molar-refractivity contribution is 0.331. The van der Waals surface area contributed by atoms with Crippen LogP contribution in [0.3, 0.4) is 0 Å². The molecule has 4 nitrogen and oxygen atoms in total. The zero-order valence-electron chi connectivity index (χ0n) is 11.0. The highest BCUT2D eigenvalue weighted by Crippen LogP contribution is 2.24. The van der Waals surface area contributed by atoms with E-state index in [9.17, 15) is 4.39 Å². The molecule has 0 radical (unpaired) electrons. The van der Waals surface area contributed by atoms with Gasteiger partial charge in [0.2, 0.25) is 0 Å². The van der Waals surface area contributed by atoms with E-state index in [-0.39, 0.29) is 5.82 Å². The molecule has 0 amide bonds. The molecule has 2 heterocycles. The van der Waals surface area contributed by atoms with Crippen molar-refractivity contribution in [2.75, 3.05) is 13.1 Å². The smallest absolute Gasteiger partial charge is 0.132 e. The van der Waals surface area contributed by atoms with Crippen molar-refractivity contribution in [2.24, 2.45) is 7.05 Å². The van der Waals surface area contributed by atoms with Gasteiger partial charge in [-0.1, -0.05) is 11.3 Å². The van der Waals surface area contributed by atoms with Gasteiger partial charge in [0.25, 0.3) is 0 Å². The largest absolute Gasteiger partial charge is 0.299 e. The fourth-order valence-electron chi connectivity index (χ4n) is 2.60. The summed E-state index contributed by atoms with van der Waals surface area (Å²) in [5.41, 5.74) is 2.42. The minimum atomic E-state index is -0.226. The Balaban J connectivity index is 1.89. The maximum Gasteiger partial charge on any atom is 0.132 e. The average molecular weight is 260 g/mol. The van der Waals surface area contributed by atoms with E-state index >= 15 is 0 Å². The van der Waals surface area contributed by atoms with E-state index in [4.69, 9.17) is 0 Å². The molecule has 19 heavy (non-hydrogen) atoms. The lowest BCUT2D eigenvalue weighted by Crippen LogP contribution is -2.18. The maximum atomic E-state index is 13.9. The van der Waals surface area contributed by atoms with Crippen LogP contribution in [0.15, 0.2) is 24.4 Å². The second-order valence-electron chi connectivity index (χ2n) is 5.04. The van der Waals surface area contributed by atoms with Crippen molar-refractivity contribution < 1.29 is 4.39 Å². The fraction of sp³-hybridized carbons (Fsp3) is 0.429. The van der Waals surface area contributed by atoms with E-state index in [2.05, 4.69) is 15.2 Å². The van der Waals surface area contributed by atoms with Crippen LogP contribution >= 0.6 is 0 Å². The van der Waals surface area contributed by atoms with Crippen molar-refractivity contribution in [3.8, 4) is 11.3 Å². The Morgan fingerprint density at radius 1 is 1.26 bits per heavy atom. The Morgan fingerprint density at radius 3 is 2.74 bits per heavy atom. The topological polar surface area (TPSA) is 34.0 Å². The first-order chi connectivity index (χ1) is 9.24. The van der Waals surface area contributed by atoms with Gasteiger partial charge < -0.3 is 0 Å². The molecule has 1 aromatic carbocycles. The third kappa shape index (κ3) is 2.51. The maximum absolute atomic E-state index is 13.9. The van der Waals surface area contributed by atoms with Crippen molar-refractivity contribution in [1.29, 1.82) is 0 Å². The van der Waals surface area contributed by atoms with Gasteiger partial charge in [0.05, 0.1) is 11.9 Å². The zero-order valence-corrected chi connectivity index (χ0v) is 11.0. The summed E-state index contributed by atoms with van der Waals surface area (Å²) in [5, 5.41) is 7.66. The molecule has 3 rings (SSSR count). The second-order valence-corrected chi connectivity index (χ2v) is 5.04. The van der Waals surface area contributed by atoms with Crippen LogP contribution in [0, 0.1) is 5.82 Å². The van der Waals surface area contributed by atoms with Crippen LogP contribution in [-0.2, 0) is 13.6 Å². The number of rotatable bonds is 3. The Kier molecular flexibility index (Phi) is 3.29. The van der Waals surface area contributed by atoms with Crippen molar-refractivity contribution >= 4 is 0 Å². The summed E-state index contributed by atoms with van der Waals surface area (Å²) in [6.45, 7) is 3.17. The average Bonchev–Trinajstić information content (AvgIpc) is 3.03. The molecule has 0 atom stereocenters. The van der Waals surface area contributed by atoms with Gasteiger partial charge in [0, 0.05) is 19.2 Å². The summed E-state index contributed by atoms with van der Waals surface area (Å²) in [7, 11) is 1.77. The molecule has 100 valence electrons. The molecule has 1 fully saturated rings. The Morgan fingerprint density at radius 2 is 2.05 bits per heavy atom. The molecule has 1 aliphatic rings. The Bertz CT molecular complexity index is 573. The van der Waals surface area contributed by atoms with Gasteiger partial charge in [-0.2, -0.15) is 0 Å². The minimum absolute atomic E-state index is 0.226. The number of aromatic nitrogens is 3. The summed E-state index contributed by atoms with van der Waals surface area (Å²) in [4.78, 5) is 2.40. The third-order valence-corrected chi connectivity index (χ3v) is 3.63. The fourth-order valence-corrected chi connectivity index (χ4v) is 2.60. The predicted molar refractivity (Wildman–Crippen MR) is 70.9 cm³/mol. The van der Waals surface area contributed by atoms with Crippen LogP contribution in [0.25, 0.3) is 11.3 Å². The van der Waals surface area contributed by atoms with E-state index < -0.39 is 0 Å². The normalized spacial score (nSPS) is 16.1. The van der Waals surface area contributed by atoms with E-state index in [1.807, 2.05) is 12.1 Å². The highest BCUT2D eigenvalue weighted by atomic mass is 19.1. The van der Waals surface area contributed by atoms with Gasteiger partial charge in [-0.15, -0.1) is 5.10 Å². The molecule has 0 spiro atoms. The molecule has 0 bridgehead atoms. The van der Waals surface area contributed by atoms with E-state index in [1.165, 1.54) is 18.9 Å². The molecule has 1 aliphatic heterocycles. The van der Waals surface area contributed by atoms with Crippen LogP contribution in [-0.4, -0.2) is 33.0 Å². The first-order valence-electron chi connectivity index (χ1n) is 6.60. The summed E-state index contributed by atoms with van der Waals surface area (Å²) < 4.78 is 15.5. The van der Waals surface area contributed by atoms with E-state index in [1.54, 1.807) is 17.9 Å². The number of benzene rings is 1. The molecular weight excluding hydrogens is 243 g/mol. The number of aryl methyl sites for hydroxylation is 1. The summed E-state index contributed by atoms with van der Waals surface area (Å²) in [5.74, 6) is -0.226. The standard InChI is InChI=1S/C14H17FN4/c1-18-14(9-16-17-18)12-8-11(4-5-13(12)15)10-19-6-2-3-7-19/h4-5,8-9H,2-3,6-7,10H2,1H3. The van der Waals surface area contributed by atoms with Crippen LogP contribution in [0.1, 0.15) is 18.4 Å². The van der Waals surface area contributed by atoms with Gasteiger partial charge in [-0.05, 0) is 43.6 Å². The summed E-state index contributed by atoms with van der Waals surface area (Å²) >= 11 is 0. The van der Waals surface area contributed by atoms with Crippen molar-refractivity contribution in [2.45, 2.75) is 19.4 Å². The van der Waals surface area contributed by atoms with Gasteiger partial charge >= 0.3 is 0 Å². The molecule has 1 aromatic heterocycles. The van der Waals surface area contributed by atoms with Gasteiger partial charge in [0.1, 0.15) is 5.82 Å². The second kappa shape index (κ2) is 5.09. The molecule has 0 unspecified atom stereocenters. The number of nitrogens with zero attached hydrogens (tertiary/aromatic N) is 4. The zero-order chi connectivity index (χ0) is 13.2. The molecule has 0 saturated carbocycles. The Hall–Kier alpha value is -1.75. The lowest BCUT2D eigenvalue weighted by atomic mass is 10.1. The molecular formula is C14H17FN4. The third-order valence-electron chi connectivity index (χ3n) is 3.63. The first kappa shape index (κ1) is 12.3. The van der Waals surface area contributed by atoms with Crippen LogP contribution in [0.4, 0.5) is 4.39 Å². The lowest BCUT2D eigenvalue weighted by Gasteiger charge is -2.15. The predicted octanol–water partition coefficient (Wildman–Crippen LogP) is 2.22. The summed E-state index contributed by atoms with van der Waals surface area (Å²) in [6.07, 6.45) is 4.12. The molecule has 2 aromatic rings. The minimum Gasteiger partial charge on any atom is -0.299 e. The van der Waals surface area contributed by atoms with Gasteiger partial charge in [0.15, 0.2) is 0 Å². The highest BCUT2D eigenvalue weighted by Gasteiger charge is 2.14. The number of hydrogen-bond donors (Lipinski definition) is 0. The van der Waals surface area contributed by atoms with Gasteiger partial charge in [-0.25, -0.2) is 9.07 Å². The molecule has 0 aliphatic carbocycles. The first-order valence-corrected chi connectivity index (χ1v) is 6.60. The van der Waals surface area contributed by atoms with Crippen molar-refractivity contribution in [3.63, 3.8) is 0 Å². The number of halogens is 1. The Labute approximate surface area is 111 Å². The number of likely N-dealkylation sites (tertiary alicyclic amines) is 1. The van der Waals surface area contributed by atoms with Gasteiger partial charge in [-0.3, -0.25) is 4.90 Å². The molecule has 5 heteroatoms. The van der Waals surface area contributed by atoms with Crippen LogP contribution in [0.2, 0.25) is 0 Å². The monoisotopic (exact) mass is 260 g/mol. The molecule has 1 saturated heterocycles. The van der Waals surface area contributed by atoms with E-state index in [0.717, 1.165) is 25.2 Å². The van der Waals surface area contributed by atoms with Crippen molar-refractivity contribution in [3.05, 3.63) is 35.8 Å². The van der Waals surface area contributed by atoms with E-state index in [0.29, 0.717) is 11.3 Å². The van der Waals surface area contributed by atoms with Crippen LogP contribution in [0.5, 0.6) is 0 Å². The van der Waals surface area contributed by atoms with Crippen LogP contribution < -0.4 is 0 Å². The van der Waals surface area contributed by atoms with Crippen molar-refractivity contribution in [1.82, 2.24) is 19.9 Å².